The van der Waals surface area contributed by atoms with Crippen molar-refractivity contribution in [2.75, 3.05) is 7.11 Å². The highest BCUT2D eigenvalue weighted by molar-refractivity contribution is 6.33. The van der Waals surface area contributed by atoms with Crippen molar-refractivity contribution in [2.45, 2.75) is 6.61 Å². The molecule has 0 radical (unpaired) electrons. The molecule has 0 atom stereocenters. The Morgan fingerprint density at radius 1 is 0.892 bits per heavy atom. The molecule has 1 amide bonds. The Kier molecular flexibility index (Phi) is 8.52. The zero-order valence-electron chi connectivity index (χ0n) is 19.9. The third-order valence-corrected chi connectivity index (χ3v) is 5.56. The van der Waals surface area contributed by atoms with Gasteiger partial charge >= 0.3 is 5.97 Å². The first kappa shape index (κ1) is 25.5. The van der Waals surface area contributed by atoms with Gasteiger partial charge in [0.1, 0.15) is 12.4 Å². The number of nitrogens with zero attached hydrogens (tertiary/aromatic N) is 1. The van der Waals surface area contributed by atoms with E-state index in [2.05, 4.69) is 10.5 Å². The standard InChI is InChI=1S/C29H23ClN2O5/c1-35-27-17-21(11-16-26(27)37-29(34)24-9-5-6-10-25(24)30)18-31-32-28(33)22-12-14-23(15-13-22)36-19-20-7-3-2-4-8-20/h2-18H,19H2,1H3,(H,32,33). The van der Waals surface area contributed by atoms with Crippen LogP contribution in [0.1, 0.15) is 31.8 Å². The lowest BCUT2D eigenvalue weighted by Crippen LogP contribution is -2.17. The van der Waals surface area contributed by atoms with Crippen LogP contribution in [0.15, 0.2) is 102 Å². The molecule has 1 N–H and O–H groups in total. The summed E-state index contributed by atoms with van der Waals surface area (Å²) in [4.78, 5) is 24.9. The SMILES string of the molecule is COc1cc(C=NNC(=O)c2ccc(OCc3ccccc3)cc2)ccc1OC(=O)c1ccccc1Cl. The first-order chi connectivity index (χ1) is 18.0. The Morgan fingerprint density at radius 3 is 2.35 bits per heavy atom. The number of methoxy groups -OCH3 is 1. The average molecular weight is 515 g/mol. The molecule has 37 heavy (non-hydrogen) atoms. The Morgan fingerprint density at radius 2 is 1.62 bits per heavy atom. The lowest BCUT2D eigenvalue weighted by Gasteiger charge is -2.10. The molecule has 186 valence electrons. The first-order valence-corrected chi connectivity index (χ1v) is 11.7. The van der Waals surface area contributed by atoms with Crippen LogP contribution in [0.3, 0.4) is 0 Å². The molecule has 4 aromatic carbocycles. The fraction of sp³-hybridized carbons (Fsp3) is 0.0690. The zero-order chi connectivity index (χ0) is 26.0. The monoisotopic (exact) mass is 514 g/mol. The minimum Gasteiger partial charge on any atom is -0.493 e. The van der Waals surface area contributed by atoms with Crippen LogP contribution in [0.5, 0.6) is 17.2 Å². The van der Waals surface area contributed by atoms with Crippen molar-refractivity contribution >= 4 is 29.7 Å². The van der Waals surface area contributed by atoms with Crippen LogP contribution in [-0.4, -0.2) is 25.2 Å². The highest BCUT2D eigenvalue weighted by Gasteiger charge is 2.15. The van der Waals surface area contributed by atoms with Gasteiger partial charge in [0, 0.05) is 5.56 Å². The van der Waals surface area contributed by atoms with Crippen molar-refractivity contribution in [3.8, 4) is 17.2 Å². The largest absolute Gasteiger partial charge is 0.493 e. The van der Waals surface area contributed by atoms with Gasteiger partial charge in [-0.25, -0.2) is 10.2 Å². The maximum absolute atomic E-state index is 12.4. The van der Waals surface area contributed by atoms with Gasteiger partial charge in [-0.15, -0.1) is 0 Å². The van der Waals surface area contributed by atoms with Gasteiger partial charge in [0.25, 0.3) is 5.91 Å². The van der Waals surface area contributed by atoms with Gasteiger partial charge in [-0.05, 0) is 65.7 Å². The zero-order valence-corrected chi connectivity index (χ0v) is 20.6. The lowest BCUT2D eigenvalue weighted by molar-refractivity contribution is 0.0729. The number of amides is 1. The fourth-order valence-electron chi connectivity index (χ4n) is 3.30. The Labute approximate surface area is 219 Å². The van der Waals surface area contributed by atoms with Crippen molar-refractivity contribution < 1.29 is 23.8 Å². The number of hydrogen-bond acceptors (Lipinski definition) is 6. The summed E-state index contributed by atoms with van der Waals surface area (Å²) in [7, 11) is 1.46. The van der Waals surface area contributed by atoms with E-state index in [4.69, 9.17) is 25.8 Å². The van der Waals surface area contributed by atoms with Crippen molar-refractivity contribution in [2.24, 2.45) is 5.10 Å². The number of benzene rings is 4. The molecule has 0 saturated heterocycles. The maximum atomic E-state index is 12.4. The number of halogens is 1. The number of carbonyl (C=O) groups is 2. The van der Waals surface area contributed by atoms with Gasteiger partial charge < -0.3 is 14.2 Å². The molecule has 8 heteroatoms. The molecule has 0 fully saturated rings. The van der Waals surface area contributed by atoms with E-state index in [-0.39, 0.29) is 17.2 Å². The molecule has 4 rings (SSSR count). The second-order valence-corrected chi connectivity index (χ2v) is 8.18. The molecule has 0 spiro atoms. The molecular formula is C29H23ClN2O5. The highest BCUT2D eigenvalue weighted by Crippen LogP contribution is 2.29. The maximum Gasteiger partial charge on any atom is 0.345 e. The normalized spacial score (nSPS) is 10.6. The summed E-state index contributed by atoms with van der Waals surface area (Å²) in [6.45, 7) is 0.443. The molecule has 7 nitrogen and oxygen atoms in total. The van der Waals surface area contributed by atoms with Crippen molar-refractivity contribution in [1.29, 1.82) is 0 Å². The van der Waals surface area contributed by atoms with E-state index in [0.29, 0.717) is 34.3 Å². The minimum absolute atomic E-state index is 0.225. The predicted octanol–water partition coefficient (Wildman–Crippen LogP) is 5.91. The summed E-state index contributed by atoms with van der Waals surface area (Å²) in [6.07, 6.45) is 1.46. The van der Waals surface area contributed by atoms with Gasteiger partial charge in [-0.1, -0.05) is 54.1 Å². The number of esters is 1. The predicted molar refractivity (Wildman–Crippen MR) is 142 cm³/mol. The molecule has 0 saturated carbocycles. The van der Waals surface area contributed by atoms with Crippen LogP contribution in [0, 0.1) is 0 Å². The molecule has 0 unspecified atom stereocenters. The molecule has 0 aromatic heterocycles. The van der Waals surface area contributed by atoms with Gasteiger partial charge in [-0.3, -0.25) is 4.79 Å². The summed E-state index contributed by atoms with van der Waals surface area (Å²) in [5.41, 5.74) is 4.85. The Bertz CT molecular complexity index is 1410. The summed E-state index contributed by atoms with van der Waals surface area (Å²) in [5, 5.41) is 4.30. The highest BCUT2D eigenvalue weighted by atomic mass is 35.5. The van der Waals surface area contributed by atoms with Gasteiger partial charge in [0.2, 0.25) is 0 Å². The Balaban J connectivity index is 1.33. The number of nitrogens with one attached hydrogen (secondary N) is 1. The van der Waals surface area contributed by atoms with E-state index >= 15 is 0 Å². The molecular weight excluding hydrogens is 492 g/mol. The quantitative estimate of drug-likeness (QED) is 0.130. The van der Waals surface area contributed by atoms with Crippen LogP contribution >= 0.6 is 11.6 Å². The number of carbonyl (C=O) groups excluding carboxylic acids is 2. The molecule has 4 aromatic rings. The van der Waals surface area contributed by atoms with Crippen LogP contribution < -0.4 is 19.6 Å². The summed E-state index contributed by atoms with van der Waals surface area (Å²) in [5.74, 6) is 0.230. The minimum atomic E-state index is -0.603. The van der Waals surface area contributed by atoms with E-state index in [9.17, 15) is 9.59 Å². The van der Waals surface area contributed by atoms with Gasteiger partial charge in [-0.2, -0.15) is 5.10 Å². The van der Waals surface area contributed by atoms with E-state index in [1.54, 1.807) is 66.7 Å². The number of rotatable bonds is 9. The van der Waals surface area contributed by atoms with E-state index in [1.807, 2.05) is 30.3 Å². The first-order valence-electron chi connectivity index (χ1n) is 11.3. The van der Waals surface area contributed by atoms with Gasteiger partial charge in [0.05, 0.1) is 23.9 Å². The lowest BCUT2D eigenvalue weighted by atomic mass is 10.2. The van der Waals surface area contributed by atoms with Crippen molar-refractivity contribution in [3.05, 3.63) is 124 Å². The van der Waals surface area contributed by atoms with E-state index < -0.39 is 5.97 Å². The van der Waals surface area contributed by atoms with Crippen LogP contribution in [0.25, 0.3) is 0 Å². The third-order valence-electron chi connectivity index (χ3n) is 5.23. The number of hydrazone groups is 1. The fourth-order valence-corrected chi connectivity index (χ4v) is 3.52. The molecule has 0 aliphatic carbocycles. The van der Waals surface area contributed by atoms with E-state index in [1.165, 1.54) is 13.3 Å². The second kappa shape index (κ2) is 12.4. The van der Waals surface area contributed by atoms with E-state index in [0.717, 1.165) is 5.56 Å². The summed E-state index contributed by atoms with van der Waals surface area (Å²) >= 11 is 6.07. The summed E-state index contributed by atoms with van der Waals surface area (Å²) in [6, 6.07) is 28.1. The van der Waals surface area contributed by atoms with Crippen LogP contribution in [0.4, 0.5) is 0 Å². The van der Waals surface area contributed by atoms with Crippen molar-refractivity contribution in [1.82, 2.24) is 5.43 Å². The molecule has 0 aliphatic rings. The van der Waals surface area contributed by atoms with Crippen LogP contribution in [-0.2, 0) is 6.61 Å². The average Bonchev–Trinajstić information content (AvgIpc) is 2.93. The number of hydrogen-bond donors (Lipinski definition) is 1. The topological polar surface area (TPSA) is 86.2 Å². The van der Waals surface area contributed by atoms with Gasteiger partial charge in [0.15, 0.2) is 11.5 Å². The van der Waals surface area contributed by atoms with Crippen LogP contribution in [0.2, 0.25) is 5.02 Å². The second-order valence-electron chi connectivity index (χ2n) is 7.78. The molecule has 0 bridgehead atoms. The smallest absolute Gasteiger partial charge is 0.345 e. The third kappa shape index (κ3) is 6.96. The molecule has 0 heterocycles. The van der Waals surface area contributed by atoms with Crippen molar-refractivity contribution in [3.63, 3.8) is 0 Å². The molecule has 0 aliphatic heterocycles. The Hall–Kier alpha value is -4.62. The summed E-state index contributed by atoms with van der Waals surface area (Å²) < 4.78 is 16.5. The number of ether oxygens (including phenoxy) is 3.